The minimum absolute atomic E-state index is 0.0351. The largest absolute Gasteiger partial charge is 0.495 e. The minimum atomic E-state index is -3.83. The van der Waals surface area contributed by atoms with Crippen molar-refractivity contribution < 1.29 is 27.6 Å². The lowest BCUT2D eigenvalue weighted by Crippen LogP contribution is -2.37. The number of carbonyl (C=O) groups excluding carboxylic acids is 1. The Morgan fingerprint density at radius 1 is 1.06 bits per heavy atom. The molecule has 0 atom stereocenters. The molecule has 2 aliphatic heterocycles. The molecule has 0 aromatic heterocycles. The number of nitrogens with zero attached hydrogens (tertiary/aromatic N) is 3. The molecule has 2 aromatic carbocycles. The van der Waals surface area contributed by atoms with Crippen LogP contribution >= 0.6 is 0 Å². The molecule has 35 heavy (non-hydrogen) atoms. The van der Waals surface area contributed by atoms with Crippen LogP contribution in [0.1, 0.15) is 29.6 Å². The fourth-order valence-corrected chi connectivity index (χ4v) is 6.00. The quantitative estimate of drug-likeness (QED) is 0.450. The number of rotatable bonds is 7. The maximum Gasteiger partial charge on any atom is 0.270 e. The lowest BCUT2D eigenvalue weighted by molar-refractivity contribution is -0.384. The molecule has 188 valence electrons. The number of methoxy groups -OCH3 is 1. The van der Waals surface area contributed by atoms with E-state index in [1.54, 1.807) is 6.07 Å². The molecule has 2 fully saturated rings. The van der Waals surface area contributed by atoms with Crippen LogP contribution in [0.4, 0.5) is 17.1 Å². The number of amides is 1. The van der Waals surface area contributed by atoms with Gasteiger partial charge in [-0.1, -0.05) is 6.42 Å². The van der Waals surface area contributed by atoms with Gasteiger partial charge in [0.1, 0.15) is 10.6 Å². The molecule has 2 aromatic rings. The van der Waals surface area contributed by atoms with Gasteiger partial charge in [-0.3, -0.25) is 14.9 Å². The van der Waals surface area contributed by atoms with E-state index in [-0.39, 0.29) is 27.6 Å². The van der Waals surface area contributed by atoms with Gasteiger partial charge in [0.25, 0.3) is 11.6 Å². The molecule has 2 saturated heterocycles. The number of sulfonamides is 1. The number of piperidine rings is 1. The second-order valence-electron chi connectivity index (χ2n) is 8.34. The van der Waals surface area contributed by atoms with Gasteiger partial charge in [-0.05, 0) is 37.1 Å². The van der Waals surface area contributed by atoms with E-state index in [0.29, 0.717) is 45.1 Å². The standard InChI is InChI=1S/C23H28N4O7S/c1-33-21-8-5-17(15-22(21)35(31,32)26-9-3-2-4-10-26)24-23(28)19-16-18(27(29)30)6-7-20(19)25-11-13-34-14-12-25/h5-8,15-16H,2-4,9-14H2,1H3,(H,24,28). The second-order valence-corrected chi connectivity index (χ2v) is 10.2. The zero-order valence-electron chi connectivity index (χ0n) is 19.4. The van der Waals surface area contributed by atoms with E-state index < -0.39 is 20.9 Å². The number of anilines is 2. The van der Waals surface area contributed by atoms with E-state index >= 15 is 0 Å². The van der Waals surface area contributed by atoms with E-state index in [2.05, 4.69) is 5.32 Å². The van der Waals surface area contributed by atoms with E-state index in [4.69, 9.17) is 9.47 Å². The molecular formula is C23H28N4O7S. The molecule has 0 aliphatic carbocycles. The Morgan fingerprint density at radius 2 is 1.77 bits per heavy atom. The summed E-state index contributed by atoms with van der Waals surface area (Å²) in [7, 11) is -2.44. The first-order valence-electron chi connectivity index (χ1n) is 11.4. The zero-order valence-corrected chi connectivity index (χ0v) is 20.3. The number of carbonyl (C=O) groups is 1. The van der Waals surface area contributed by atoms with E-state index in [0.717, 1.165) is 19.3 Å². The maximum atomic E-state index is 13.3. The number of nitro benzene ring substituents is 1. The summed E-state index contributed by atoms with van der Waals surface area (Å²) in [6.45, 7) is 2.90. The van der Waals surface area contributed by atoms with Crippen molar-refractivity contribution in [1.82, 2.24) is 4.31 Å². The average molecular weight is 505 g/mol. The first-order chi connectivity index (χ1) is 16.8. The molecular weight excluding hydrogens is 476 g/mol. The Balaban J connectivity index is 1.66. The number of morpholine rings is 1. The highest BCUT2D eigenvalue weighted by atomic mass is 32.2. The number of ether oxygens (including phenoxy) is 2. The molecule has 0 unspecified atom stereocenters. The highest BCUT2D eigenvalue weighted by Gasteiger charge is 2.30. The molecule has 1 amide bonds. The van der Waals surface area contributed by atoms with Gasteiger partial charge >= 0.3 is 0 Å². The first kappa shape index (κ1) is 24.9. The highest BCUT2D eigenvalue weighted by molar-refractivity contribution is 7.89. The summed E-state index contributed by atoms with van der Waals surface area (Å²) in [6.07, 6.45) is 2.55. The Hall–Kier alpha value is -3.22. The van der Waals surface area contributed by atoms with Crippen molar-refractivity contribution in [1.29, 1.82) is 0 Å². The van der Waals surface area contributed by atoms with Crippen LogP contribution < -0.4 is 15.0 Å². The van der Waals surface area contributed by atoms with Gasteiger partial charge in [0.05, 0.1) is 36.5 Å². The van der Waals surface area contributed by atoms with Crippen LogP contribution in [-0.2, 0) is 14.8 Å². The number of benzene rings is 2. The van der Waals surface area contributed by atoms with Crippen molar-refractivity contribution >= 4 is 33.0 Å². The van der Waals surface area contributed by atoms with Crippen molar-refractivity contribution in [2.45, 2.75) is 24.2 Å². The number of hydrogen-bond donors (Lipinski definition) is 1. The average Bonchev–Trinajstić information content (AvgIpc) is 2.89. The van der Waals surface area contributed by atoms with Crippen molar-refractivity contribution in [3.8, 4) is 5.75 Å². The molecule has 0 saturated carbocycles. The predicted octanol–water partition coefficient (Wildman–Crippen LogP) is 2.87. The highest BCUT2D eigenvalue weighted by Crippen LogP contribution is 2.32. The van der Waals surface area contributed by atoms with Crippen LogP contribution in [-0.4, -0.2) is 70.1 Å². The summed E-state index contributed by atoms with van der Waals surface area (Å²) in [4.78, 5) is 26.0. The second kappa shape index (κ2) is 10.6. The Kier molecular flexibility index (Phi) is 7.53. The number of hydrogen-bond acceptors (Lipinski definition) is 8. The van der Waals surface area contributed by atoms with Gasteiger partial charge in [-0.25, -0.2) is 8.42 Å². The summed E-state index contributed by atoms with van der Waals surface area (Å²) in [5.41, 5.74) is 0.699. The summed E-state index contributed by atoms with van der Waals surface area (Å²) in [5.74, 6) is -0.403. The molecule has 0 spiro atoms. The number of nitro groups is 1. The van der Waals surface area contributed by atoms with Crippen LogP contribution in [0.3, 0.4) is 0 Å². The van der Waals surface area contributed by atoms with Crippen molar-refractivity contribution in [3.63, 3.8) is 0 Å². The zero-order chi connectivity index (χ0) is 25.0. The van der Waals surface area contributed by atoms with Gasteiger partial charge in [0.2, 0.25) is 10.0 Å². The van der Waals surface area contributed by atoms with Crippen molar-refractivity contribution in [3.05, 3.63) is 52.1 Å². The fourth-order valence-electron chi connectivity index (χ4n) is 4.30. The van der Waals surface area contributed by atoms with Crippen LogP contribution in [0.15, 0.2) is 41.3 Å². The summed E-state index contributed by atoms with van der Waals surface area (Å²) < 4.78 is 38.7. The third-order valence-electron chi connectivity index (χ3n) is 6.14. The lowest BCUT2D eigenvalue weighted by atomic mass is 10.1. The smallest absolute Gasteiger partial charge is 0.270 e. The molecule has 0 radical (unpaired) electrons. The molecule has 4 rings (SSSR count). The van der Waals surface area contributed by atoms with Crippen LogP contribution in [0.5, 0.6) is 5.75 Å². The van der Waals surface area contributed by atoms with Gasteiger partial charge < -0.3 is 19.7 Å². The molecule has 0 bridgehead atoms. The predicted molar refractivity (Wildman–Crippen MR) is 130 cm³/mol. The molecule has 2 heterocycles. The summed E-state index contributed by atoms with van der Waals surface area (Å²) in [5, 5.41) is 14.1. The topological polar surface area (TPSA) is 131 Å². The molecule has 1 N–H and O–H groups in total. The Morgan fingerprint density at radius 3 is 2.43 bits per heavy atom. The van der Waals surface area contributed by atoms with E-state index in [9.17, 15) is 23.3 Å². The third kappa shape index (κ3) is 5.39. The van der Waals surface area contributed by atoms with Crippen LogP contribution in [0.25, 0.3) is 0 Å². The fraction of sp³-hybridized carbons (Fsp3) is 0.435. The van der Waals surface area contributed by atoms with Crippen LogP contribution in [0, 0.1) is 10.1 Å². The van der Waals surface area contributed by atoms with E-state index in [1.807, 2.05) is 4.90 Å². The van der Waals surface area contributed by atoms with E-state index in [1.165, 1.54) is 41.7 Å². The van der Waals surface area contributed by atoms with Gasteiger partial charge in [0, 0.05) is 44.0 Å². The molecule has 12 heteroatoms. The lowest BCUT2D eigenvalue weighted by Gasteiger charge is -2.30. The third-order valence-corrected chi connectivity index (χ3v) is 8.06. The van der Waals surface area contributed by atoms with Crippen molar-refractivity contribution in [2.75, 3.05) is 56.7 Å². The SMILES string of the molecule is COc1ccc(NC(=O)c2cc([N+](=O)[O-])ccc2N2CCOCC2)cc1S(=O)(=O)N1CCCCC1. The Bertz CT molecular complexity index is 1210. The van der Waals surface area contributed by atoms with Gasteiger partial charge in [0.15, 0.2) is 0 Å². The number of nitrogens with one attached hydrogen (secondary N) is 1. The number of non-ortho nitro benzene ring substituents is 1. The maximum absolute atomic E-state index is 13.3. The minimum Gasteiger partial charge on any atom is -0.495 e. The van der Waals surface area contributed by atoms with Crippen molar-refractivity contribution in [2.24, 2.45) is 0 Å². The summed E-state index contributed by atoms with van der Waals surface area (Å²) in [6, 6.07) is 8.54. The molecule has 2 aliphatic rings. The summed E-state index contributed by atoms with van der Waals surface area (Å²) >= 11 is 0. The van der Waals surface area contributed by atoms with Crippen LogP contribution in [0.2, 0.25) is 0 Å². The Labute approximate surface area is 203 Å². The normalized spacial score (nSPS) is 17.1. The first-order valence-corrected chi connectivity index (χ1v) is 12.9. The monoisotopic (exact) mass is 504 g/mol. The molecule has 11 nitrogen and oxygen atoms in total. The van der Waals surface area contributed by atoms with Gasteiger partial charge in [-0.2, -0.15) is 4.31 Å². The van der Waals surface area contributed by atoms with Gasteiger partial charge in [-0.15, -0.1) is 0 Å².